The van der Waals surface area contributed by atoms with Crippen LogP contribution in [-0.2, 0) is 4.79 Å². The number of amides is 1. The molecular weight excluding hydrogens is 238 g/mol. The predicted octanol–water partition coefficient (Wildman–Crippen LogP) is 1.88. The molecule has 3 N–H and O–H groups in total. The molecule has 1 fully saturated rings. The zero-order valence-electron chi connectivity index (χ0n) is 12.9. The van der Waals surface area contributed by atoms with Crippen LogP contribution in [0.2, 0.25) is 0 Å². The van der Waals surface area contributed by atoms with E-state index in [0.29, 0.717) is 19.1 Å². The molecule has 0 heterocycles. The van der Waals surface area contributed by atoms with Crippen molar-refractivity contribution in [2.45, 2.75) is 70.9 Å². The average molecular weight is 269 g/mol. The fourth-order valence-electron chi connectivity index (χ4n) is 3.25. The van der Waals surface area contributed by atoms with E-state index in [-0.39, 0.29) is 11.4 Å². The molecule has 0 aromatic carbocycles. The van der Waals surface area contributed by atoms with E-state index in [1.807, 2.05) is 0 Å². The van der Waals surface area contributed by atoms with E-state index in [1.54, 1.807) is 0 Å². The van der Waals surface area contributed by atoms with Gasteiger partial charge in [-0.15, -0.1) is 0 Å². The summed E-state index contributed by atoms with van der Waals surface area (Å²) in [6.45, 7) is 8.40. The van der Waals surface area contributed by atoms with Gasteiger partial charge in [0.2, 0.25) is 5.91 Å². The molecule has 1 aliphatic carbocycles. The molecule has 0 aliphatic heterocycles. The van der Waals surface area contributed by atoms with Crippen molar-refractivity contribution < 1.29 is 4.79 Å². The fourth-order valence-corrected chi connectivity index (χ4v) is 3.25. The van der Waals surface area contributed by atoms with E-state index < -0.39 is 0 Å². The summed E-state index contributed by atoms with van der Waals surface area (Å²) in [7, 11) is 0. The summed E-state index contributed by atoms with van der Waals surface area (Å²) in [5.74, 6) is 0.161. The molecule has 1 rings (SSSR count). The van der Waals surface area contributed by atoms with Crippen molar-refractivity contribution in [2.24, 2.45) is 5.73 Å². The smallest absolute Gasteiger partial charge is 0.234 e. The Morgan fingerprint density at radius 3 is 2.26 bits per heavy atom. The zero-order chi connectivity index (χ0) is 14.3. The summed E-state index contributed by atoms with van der Waals surface area (Å²) >= 11 is 0. The molecule has 0 aromatic heterocycles. The minimum Gasteiger partial charge on any atom is -0.352 e. The Labute approximate surface area is 118 Å². The Kier molecular flexibility index (Phi) is 6.80. The summed E-state index contributed by atoms with van der Waals surface area (Å²) < 4.78 is 0. The highest BCUT2D eigenvalue weighted by molar-refractivity contribution is 5.78. The van der Waals surface area contributed by atoms with Crippen molar-refractivity contribution in [3.63, 3.8) is 0 Å². The van der Waals surface area contributed by atoms with Crippen LogP contribution >= 0.6 is 0 Å². The van der Waals surface area contributed by atoms with Crippen molar-refractivity contribution >= 4 is 5.91 Å². The molecule has 112 valence electrons. The first kappa shape index (κ1) is 16.4. The Balaban J connectivity index is 2.56. The number of carbonyl (C=O) groups excluding carboxylic acids is 1. The van der Waals surface area contributed by atoms with Gasteiger partial charge in [0.1, 0.15) is 0 Å². The van der Waals surface area contributed by atoms with Crippen molar-refractivity contribution in [3.05, 3.63) is 0 Å². The lowest BCUT2D eigenvalue weighted by Crippen LogP contribution is -2.56. The van der Waals surface area contributed by atoms with E-state index in [2.05, 4.69) is 31.0 Å². The second kappa shape index (κ2) is 7.85. The van der Waals surface area contributed by atoms with Crippen LogP contribution in [0.3, 0.4) is 0 Å². The SMILES string of the molecule is CCN(CC(=O)NC1CCCC1)C(CC)(CC)CN. The van der Waals surface area contributed by atoms with Gasteiger partial charge < -0.3 is 11.1 Å². The van der Waals surface area contributed by atoms with Gasteiger partial charge in [0.15, 0.2) is 0 Å². The van der Waals surface area contributed by atoms with Crippen LogP contribution in [0.25, 0.3) is 0 Å². The Bertz CT molecular complexity index is 262. The van der Waals surface area contributed by atoms with Crippen LogP contribution in [-0.4, -0.2) is 42.0 Å². The molecule has 19 heavy (non-hydrogen) atoms. The largest absolute Gasteiger partial charge is 0.352 e. The second-order valence-corrected chi connectivity index (χ2v) is 5.70. The Morgan fingerprint density at radius 1 is 1.26 bits per heavy atom. The number of nitrogens with one attached hydrogen (secondary N) is 1. The van der Waals surface area contributed by atoms with Crippen molar-refractivity contribution in [2.75, 3.05) is 19.6 Å². The molecule has 4 heteroatoms. The average Bonchev–Trinajstić information content (AvgIpc) is 2.92. The maximum absolute atomic E-state index is 12.2. The van der Waals surface area contributed by atoms with Crippen molar-refractivity contribution in [1.82, 2.24) is 10.2 Å². The molecule has 0 bridgehead atoms. The minimum absolute atomic E-state index is 0.0260. The highest BCUT2D eigenvalue weighted by Gasteiger charge is 2.32. The predicted molar refractivity (Wildman–Crippen MR) is 80.0 cm³/mol. The zero-order valence-corrected chi connectivity index (χ0v) is 12.9. The molecular formula is C15H31N3O. The monoisotopic (exact) mass is 269 g/mol. The molecule has 0 aromatic rings. The molecule has 1 saturated carbocycles. The first-order valence-corrected chi connectivity index (χ1v) is 7.86. The summed E-state index contributed by atoms with van der Waals surface area (Å²) in [4.78, 5) is 14.4. The van der Waals surface area contributed by atoms with E-state index in [0.717, 1.165) is 32.2 Å². The van der Waals surface area contributed by atoms with Gasteiger partial charge in [-0.2, -0.15) is 0 Å². The van der Waals surface area contributed by atoms with Crippen LogP contribution in [0, 0.1) is 0 Å². The number of hydrogen-bond donors (Lipinski definition) is 2. The van der Waals surface area contributed by atoms with Crippen molar-refractivity contribution in [1.29, 1.82) is 0 Å². The fraction of sp³-hybridized carbons (Fsp3) is 0.933. The number of likely N-dealkylation sites (N-methyl/N-ethyl adjacent to an activating group) is 1. The number of rotatable bonds is 8. The van der Waals surface area contributed by atoms with Gasteiger partial charge in [-0.25, -0.2) is 0 Å². The molecule has 1 aliphatic rings. The van der Waals surface area contributed by atoms with Gasteiger partial charge in [-0.1, -0.05) is 33.6 Å². The first-order valence-electron chi connectivity index (χ1n) is 7.86. The molecule has 0 radical (unpaired) electrons. The lowest BCUT2D eigenvalue weighted by Gasteiger charge is -2.41. The van der Waals surface area contributed by atoms with Gasteiger partial charge in [-0.3, -0.25) is 9.69 Å². The molecule has 4 nitrogen and oxygen atoms in total. The molecule has 1 amide bonds. The van der Waals surface area contributed by atoms with Gasteiger partial charge in [0, 0.05) is 18.1 Å². The van der Waals surface area contributed by atoms with Crippen LogP contribution in [0.1, 0.15) is 59.3 Å². The first-order chi connectivity index (χ1) is 9.11. The lowest BCUT2D eigenvalue weighted by atomic mass is 9.90. The number of carbonyl (C=O) groups is 1. The molecule has 0 spiro atoms. The van der Waals surface area contributed by atoms with E-state index in [4.69, 9.17) is 5.73 Å². The lowest BCUT2D eigenvalue weighted by molar-refractivity contribution is -0.124. The van der Waals surface area contributed by atoms with Crippen molar-refractivity contribution in [3.8, 4) is 0 Å². The minimum atomic E-state index is -0.0260. The van der Waals surface area contributed by atoms with Crippen LogP contribution in [0.15, 0.2) is 0 Å². The highest BCUT2D eigenvalue weighted by Crippen LogP contribution is 2.23. The molecule has 0 saturated heterocycles. The van der Waals surface area contributed by atoms with E-state index in [1.165, 1.54) is 12.8 Å². The molecule has 0 atom stereocenters. The Morgan fingerprint density at radius 2 is 1.84 bits per heavy atom. The van der Waals surface area contributed by atoms with Crippen LogP contribution < -0.4 is 11.1 Å². The Hall–Kier alpha value is -0.610. The number of hydrogen-bond acceptors (Lipinski definition) is 3. The van der Waals surface area contributed by atoms with Gasteiger partial charge in [-0.05, 0) is 32.2 Å². The summed E-state index contributed by atoms with van der Waals surface area (Å²) in [6, 6.07) is 0.404. The summed E-state index contributed by atoms with van der Waals surface area (Å²) in [5.41, 5.74) is 5.95. The third-order valence-electron chi connectivity index (χ3n) is 4.80. The summed E-state index contributed by atoms with van der Waals surface area (Å²) in [6.07, 6.45) is 6.76. The normalized spacial score (nSPS) is 17.1. The van der Waals surface area contributed by atoms with Gasteiger partial charge in [0.05, 0.1) is 6.54 Å². The third-order valence-corrected chi connectivity index (χ3v) is 4.80. The van der Waals surface area contributed by atoms with E-state index >= 15 is 0 Å². The number of nitrogens with zero attached hydrogens (tertiary/aromatic N) is 1. The number of nitrogens with two attached hydrogens (primary N) is 1. The van der Waals surface area contributed by atoms with E-state index in [9.17, 15) is 4.79 Å². The van der Waals surface area contributed by atoms with Gasteiger partial charge in [0.25, 0.3) is 0 Å². The van der Waals surface area contributed by atoms with Crippen LogP contribution in [0.4, 0.5) is 0 Å². The maximum atomic E-state index is 12.2. The molecule has 0 unspecified atom stereocenters. The summed E-state index contributed by atoms with van der Waals surface area (Å²) in [5, 5.41) is 3.17. The maximum Gasteiger partial charge on any atom is 0.234 e. The quantitative estimate of drug-likeness (QED) is 0.707. The second-order valence-electron chi connectivity index (χ2n) is 5.70. The highest BCUT2D eigenvalue weighted by atomic mass is 16.2. The topological polar surface area (TPSA) is 58.4 Å². The third kappa shape index (κ3) is 4.18. The standard InChI is InChI=1S/C15H31N3O/c1-4-15(5-2,12-16)18(6-3)11-14(19)17-13-9-7-8-10-13/h13H,4-12,16H2,1-3H3,(H,17,19). The van der Waals surface area contributed by atoms with Crippen LogP contribution in [0.5, 0.6) is 0 Å². The van der Waals surface area contributed by atoms with Gasteiger partial charge >= 0.3 is 0 Å².